The lowest BCUT2D eigenvalue weighted by atomic mass is 10.2. The predicted molar refractivity (Wildman–Crippen MR) is 48.8 cm³/mol. The second-order valence-corrected chi connectivity index (χ2v) is 3.48. The molecule has 0 aromatic heterocycles. The topological polar surface area (TPSA) is 52.2 Å². The van der Waals surface area contributed by atoms with Crippen LogP contribution in [0.1, 0.15) is 19.8 Å². The van der Waals surface area contributed by atoms with Crippen LogP contribution in [-0.4, -0.2) is 43.1 Å². The molecule has 1 rings (SSSR count). The zero-order chi connectivity index (χ0) is 9.68. The van der Waals surface area contributed by atoms with Crippen LogP contribution >= 0.6 is 0 Å². The van der Waals surface area contributed by atoms with Crippen LogP contribution in [0, 0.1) is 0 Å². The van der Waals surface area contributed by atoms with E-state index in [0.29, 0.717) is 12.8 Å². The van der Waals surface area contributed by atoms with Gasteiger partial charge in [0.05, 0.1) is 0 Å². The lowest BCUT2D eigenvalue weighted by Crippen LogP contribution is -2.48. The SMILES string of the molecule is CC(=O)CCC([O])N1CCNCC1. The average molecular weight is 185 g/mol. The fourth-order valence-electron chi connectivity index (χ4n) is 1.48. The molecule has 0 bridgehead atoms. The Morgan fingerprint density at radius 1 is 1.46 bits per heavy atom. The normalized spacial score (nSPS) is 21.4. The summed E-state index contributed by atoms with van der Waals surface area (Å²) in [5, 5.41) is 14.7. The van der Waals surface area contributed by atoms with Crippen LogP contribution in [0.15, 0.2) is 0 Å². The van der Waals surface area contributed by atoms with E-state index in [1.807, 2.05) is 4.90 Å². The zero-order valence-electron chi connectivity index (χ0n) is 8.08. The van der Waals surface area contributed by atoms with Crippen molar-refractivity contribution in [1.82, 2.24) is 10.2 Å². The standard InChI is InChI=1S/C9H17N2O2/c1-8(12)2-3-9(13)11-6-4-10-5-7-11/h9-10H,2-7H2,1H3. The quantitative estimate of drug-likeness (QED) is 0.671. The molecule has 1 fully saturated rings. The van der Waals surface area contributed by atoms with Gasteiger partial charge in [0, 0.05) is 32.6 Å². The molecule has 1 aliphatic heterocycles. The Bertz CT molecular complexity index is 167. The minimum Gasteiger partial charge on any atom is -0.314 e. The first-order chi connectivity index (χ1) is 6.20. The van der Waals surface area contributed by atoms with Crippen molar-refractivity contribution in [1.29, 1.82) is 0 Å². The maximum atomic E-state index is 11.5. The number of rotatable bonds is 4. The number of carbonyl (C=O) groups excluding carboxylic acids is 1. The Hall–Kier alpha value is -0.450. The molecular weight excluding hydrogens is 168 g/mol. The van der Waals surface area contributed by atoms with Crippen LogP contribution in [0.25, 0.3) is 0 Å². The number of ketones is 1. The average Bonchev–Trinajstić information content (AvgIpc) is 2.15. The van der Waals surface area contributed by atoms with Gasteiger partial charge >= 0.3 is 0 Å². The van der Waals surface area contributed by atoms with E-state index in [1.165, 1.54) is 6.92 Å². The molecule has 1 N–H and O–H groups in total. The molecule has 4 heteroatoms. The van der Waals surface area contributed by atoms with Crippen LogP contribution in [0.5, 0.6) is 0 Å². The monoisotopic (exact) mass is 185 g/mol. The molecule has 13 heavy (non-hydrogen) atoms. The van der Waals surface area contributed by atoms with Gasteiger partial charge in [0.25, 0.3) is 0 Å². The Balaban J connectivity index is 2.20. The maximum absolute atomic E-state index is 11.5. The Morgan fingerprint density at radius 3 is 2.62 bits per heavy atom. The van der Waals surface area contributed by atoms with Gasteiger partial charge in [0.1, 0.15) is 12.0 Å². The van der Waals surface area contributed by atoms with Crippen LogP contribution in [0.4, 0.5) is 0 Å². The summed E-state index contributed by atoms with van der Waals surface area (Å²) in [6.45, 7) is 4.93. The largest absolute Gasteiger partial charge is 0.314 e. The lowest BCUT2D eigenvalue weighted by molar-refractivity contribution is -0.119. The number of carbonyl (C=O) groups is 1. The molecule has 0 spiro atoms. The van der Waals surface area contributed by atoms with Crippen molar-refractivity contribution in [2.45, 2.75) is 26.0 Å². The second-order valence-electron chi connectivity index (χ2n) is 3.48. The first kappa shape index (κ1) is 10.6. The van der Waals surface area contributed by atoms with Crippen molar-refractivity contribution >= 4 is 5.78 Å². The van der Waals surface area contributed by atoms with Gasteiger partial charge in [-0.15, -0.1) is 0 Å². The van der Waals surface area contributed by atoms with Crippen LogP contribution < -0.4 is 5.32 Å². The van der Waals surface area contributed by atoms with E-state index >= 15 is 0 Å². The summed E-state index contributed by atoms with van der Waals surface area (Å²) in [6, 6.07) is 0. The number of hydrogen-bond donors (Lipinski definition) is 1. The highest BCUT2D eigenvalue weighted by molar-refractivity contribution is 5.75. The highest BCUT2D eigenvalue weighted by Gasteiger charge is 2.19. The van der Waals surface area contributed by atoms with Crippen LogP contribution in [-0.2, 0) is 9.90 Å². The lowest BCUT2D eigenvalue weighted by Gasteiger charge is -2.30. The molecule has 1 unspecified atom stereocenters. The molecule has 0 amide bonds. The van der Waals surface area contributed by atoms with E-state index < -0.39 is 6.23 Å². The van der Waals surface area contributed by atoms with E-state index in [2.05, 4.69) is 5.32 Å². The maximum Gasteiger partial charge on any atom is 0.146 e. The fraction of sp³-hybridized carbons (Fsp3) is 0.889. The van der Waals surface area contributed by atoms with E-state index in [1.54, 1.807) is 0 Å². The number of Topliss-reactive ketones (excluding diaryl/α,β-unsaturated/α-hetero) is 1. The number of nitrogens with zero attached hydrogens (tertiary/aromatic N) is 1. The van der Waals surface area contributed by atoms with E-state index in [9.17, 15) is 9.90 Å². The molecule has 0 aromatic rings. The summed E-state index contributed by atoms with van der Waals surface area (Å²) in [7, 11) is 0. The third-order valence-electron chi connectivity index (χ3n) is 2.30. The molecule has 1 aliphatic rings. The molecule has 4 nitrogen and oxygen atoms in total. The number of nitrogens with one attached hydrogen (secondary N) is 1. The highest BCUT2D eigenvalue weighted by atomic mass is 16.3. The molecule has 1 saturated heterocycles. The first-order valence-electron chi connectivity index (χ1n) is 4.80. The second kappa shape index (κ2) is 5.32. The van der Waals surface area contributed by atoms with Crippen molar-refractivity contribution in [3.8, 4) is 0 Å². The van der Waals surface area contributed by atoms with Crippen LogP contribution in [0.2, 0.25) is 0 Å². The molecular formula is C9H17N2O2. The summed E-state index contributed by atoms with van der Waals surface area (Å²) in [6.07, 6.45) is 0.180. The van der Waals surface area contributed by atoms with Crippen molar-refractivity contribution < 1.29 is 9.90 Å². The Morgan fingerprint density at radius 2 is 2.08 bits per heavy atom. The molecule has 1 radical (unpaired) electrons. The molecule has 0 saturated carbocycles. The van der Waals surface area contributed by atoms with Crippen molar-refractivity contribution in [3.63, 3.8) is 0 Å². The highest BCUT2D eigenvalue weighted by Crippen LogP contribution is 2.06. The number of hydrogen-bond acceptors (Lipinski definition) is 3. The Labute approximate surface area is 78.9 Å². The fourth-order valence-corrected chi connectivity index (χ4v) is 1.48. The van der Waals surface area contributed by atoms with Crippen molar-refractivity contribution in [2.24, 2.45) is 0 Å². The summed E-state index contributed by atoms with van der Waals surface area (Å²) in [4.78, 5) is 12.6. The molecule has 0 aromatic carbocycles. The molecule has 0 aliphatic carbocycles. The third-order valence-corrected chi connectivity index (χ3v) is 2.30. The smallest absolute Gasteiger partial charge is 0.146 e. The van der Waals surface area contributed by atoms with Crippen molar-refractivity contribution in [3.05, 3.63) is 0 Å². The predicted octanol–water partition coefficient (Wildman–Crippen LogP) is 0.0174. The van der Waals surface area contributed by atoms with Gasteiger partial charge in [-0.05, 0) is 13.3 Å². The van der Waals surface area contributed by atoms with Gasteiger partial charge in [-0.2, -0.15) is 0 Å². The number of piperazine rings is 1. The van der Waals surface area contributed by atoms with E-state index in [4.69, 9.17) is 0 Å². The third kappa shape index (κ3) is 3.85. The summed E-state index contributed by atoms with van der Waals surface area (Å²) >= 11 is 0. The minimum atomic E-state index is -0.689. The van der Waals surface area contributed by atoms with E-state index in [0.717, 1.165) is 26.2 Å². The van der Waals surface area contributed by atoms with Gasteiger partial charge in [0.15, 0.2) is 0 Å². The van der Waals surface area contributed by atoms with Crippen LogP contribution in [0.3, 0.4) is 0 Å². The molecule has 75 valence electrons. The summed E-state index contributed by atoms with van der Waals surface area (Å²) < 4.78 is 0. The van der Waals surface area contributed by atoms with Gasteiger partial charge in [0.2, 0.25) is 0 Å². The van der Waals surface area contributed by atoms with Gasteiger partial charge in [-0.3, -0.25) is 4.90 Å². The summed E-state index contributed by atoms with van der Waals surface area (Å²) in [5.41, 5.74) is 0. The zero-order valence-corrected chi connectivity index (χ0v) is 8.08. The van der Waals surface area contributed by atoms with E-state index in [-0.39, 0.29) is 5.78 Å². The molecule has 1 atom stereocenters. The molecule has 1 heterocycles. The minimum absolute atomic E-state index is 0.107. The van der Waals surface area contributed by atoms with Crippen molar-refractivity contribution in [2.75, 3.05) is 26.2 Å². The van der Waals surface area contributed by atoms with Gasteiger partial charge < -0.3 is 10.1 Å². The summed E-state index contributed by atoms with van der Waals surface area (Å²) in [5.74, 6) is 0.107. The Kier molecular flexibility index (Phi) is 4.35. The van der Waals surface area contributed by atoms with Gasteiger partial charge in [-0.25, -0.2) is 5.11 Å². The van der Waals surface area contributed by atoms with Gasteiger partial charge in [-0.1, -0.05) is 0 Å². The first-order valence-corrected chi connectivity index (χ1v) is 4.80.